The highest BCUT2D eigenvalue weighted by Crippen LogP contribution is 2.36. The molecule has 5 unspecified atom stereocenters. The molecule has 0 aliphatic carbocycles. The minimum Gasteiger partial charge on any atom is -0.388 e. The highest BCUT2D eigenvalue weighted by Gasteiger charge is 2.46. The van der Waals surface area contributed by atoms with E-state index in [1.807, 2.05) is 0 Å². The maximum Gasteiger partial charge on any atom is 0.469 e. The molecule has 11 heteroatoms. The maximum atomic E-state index is 10.4. The van der Waals surface area contributed by atoms with Gasteiger partial charge in [-0.15, -0.1) is 0 Å². The number of aliphatic hydroxyl groups excluding tert-OH is 5. The van der Waals surface area contributed by atoms with Gasteiger partial charge in [-0.1, -0.05) is 0 Å². The lowest BCUT2D eigenvalue weighted by Gasteiger charge is -2.40. The van der Waals surface area contributed by atoms with E-state index in [1.165, 1.54) is 0 Å². The van der Waals surface area contributed by atoms with E-state index in [0.29, 0.717) is 0 Å². The van der Waals surface area contributed by atoms with Crippen LogP contribution in [0.4, 0.5) is 0 Å². The molecule has 1 saturated heterocycles. The summed E-state index contributed by atoms with van der Waals surface area (Å²) in [6.45, 7) is -0.887. The quantitative estimate of drug-likeness (QED) is 0.254. The van der Waals surface area contributed by atoms with E-state index in [1.54, 1.807) is 0 Å². The van der Waals surface area contributed by atoms with Gasteiger partial charge in [0.2, 0.25) is 0 Å². The molecule has 1 rings (SSSR count). The second-order valence-corrected chi connectivity index (χ2v) is 5.06. The van der Waals surface area contributed by atoms with Gasteiger partial charge < -0.3 is 40.1 Å². The fourth-order valence-electron chi connectivity index (χ4n) is 1.47. The second-order valence-electron chi connectivity index (χ2n) is 3.82. The van der Waals surface area contributed by atoms with Crippen molar-refractivity contribution in [2.24, 2.45) is 0 Å². The van der Waals surface area contributed by atoms with E-state index in [2.05, 4.69) is 9.26 Å². The summed E-state index contributed by atoms with van der Waals surface area (Å²) < 4.78 is 19.0. The Hall–Kier alpha value is -0.130. The number of hydrogen-bond donors (Lipinski definition) is 7. The Morgan fingerprint density at radius 2 is 1.67 bits per heavy atom. The van der Waals surface area contributed by atoms with Crippen LogP contribution in [-0.4, -0.2) is 78.7 Å². The van der Waals surface area contributed by atoms with Crippen molar-refractivity contribution in [1.29, 1.82) is 0 Å². The lowest BCUT2D eigenvalue weighted by atomic mass is 9.96. The molecule has 1 fully saturated rings. The minimum atomic E-state index is -4.80. The summed E-state index contributed by atoms with van der Waals surface area (Å²) in [4.78, 5) is 16.8. The van der Waals surface area contributed by atoms with Crippen LogP contribution in [0.1, 0.15) is 0 Å². The Labute approximate surface area is 101 Å². The Morgan fingerprint density at radius 3 is 2.17 bits per heavy atom. The molecule has 1 heterocycles. The van der Waals surface area contributed by atoms with E-state index in [-0.39, 0.29) is 0 Å². The van der Waals surface area contributed by atoms with Crippen molar-refractivity contribution in [2.45, 2.75) is 36.8 Å². The van der Waals surface area contributed by atoms with Crippen molar-refractivity contribution in [2.75, 3.05) is 6.61 Å². The third-order valence-electron chi connectivity index (χ3n) is 2.42. The van der Waals surface area contributed by atoms with Gasteiger partial charge in [0.1, 0.15) is 30.5 Å². The summed E-state index contributed by atoms with van der Waals surface area (Å²) in [6.07, 6.45) is -10.4. The van der Waals surface area contributed by atoms with Gasteiger partial charge in [-0.25, -0.2) is 4.57 Å². The zero-order valence-electron chi connectivity index (χ0n) is 8.97. The number of ether oxygens (including phenoxy) is 1. The van der Waals surface area contributed by atoms with Crippen molar-refractivity contribution in [3.8, 4) is 0 Å². The predicted octanol–water partition coefficient (Wildman–Crippen LogP) is -3.74. The summed E-state index contributed by atoms with van der Waals surface area (Å²) in [5.41, 5.74) is 0. The van der Waals surface area contributed by atoms with Crippen molar-refractivity contribution in [1.82, 2.24) is 0 Å². The molecule has 7 N–H and O–H groups in total. The summed E-state index contributed by atoms with van der Waals surface area (Å²) in [5.74, 6) is 0. The number of aliphatic hydroxyl groups is 5. The van der Waals surface area contributed by atoms with E-state index < -0.39 is 51.2 Å². The summed E-state index contributed by atoms with van der Waals surface area (Å²) in [5, 5.41) is 46.6. The first kappa shape index (κ1) is 15.9. The van der Waals surface area contributed by atoms with E-state index >= 15 is 0 Å². The second kappa shape index (κ2) is 5.88. The average Bonchev–Trinajstić information content (AvgIpc) is 2.27. The zero-order chi connectivity index (χ0) is 14.1. The molecular weight excluding hydrogens is 275 g/mol. The summed E-state index contributed by atoms with van der Waals surface area (Å²) >= 11 is 0. The van der Waals surface area contributed by atoms with Crippen LogP contribution < -0.4 is 0 Å². The lowest BCUT2D eigenvalue weighted by Crippen LogP contribution is -2.61. The molecule has 1 aliphatic heterocycles. The average molecular weight is 290 g/mol. The monoisotopic (exact) mass is 290 g/mol. The van der Waals surface area contributed by atoms with Gasteiger partial charge in [-0.2, -0.15) is 0 Å². The molecule has 0 aromatic heterocycles. The number of phosphoric acid groups is 1. The first-order chi connectivity index (χ1) is 8.13. The van der Waals surface area contributed by atoms with Crippen LogP contribution in [0, 0.1) is 0 Å². The van der Waals surface area contributed by atoms with Crippen LogP contribution in [-0.2, 0) is 13.8 Å². The number of phosphoric ester groups is 1. The fourth-order valence-corrected chi connectivity index (χ4v) is 1.82. The van der Waals surface area contributed by atoms with Gasteiger partial charge in [-0.3, -0.25) is 4.52 Å². The van der Waals surface area contributed by atoms with Crippen LogP contribution in [0.25, 0.3) is 0 Å². The van der Waals surface area contributed by atoms with Gasteiger partial charge in [-0.05, 0) is 0 Å². The van der Waals surface area contributed by atoms with Gasteiger partial charge in [0.25, 0.3) is 0 Å². The highest BCUT2D eigenvalue weighted by molar-refractivity contribution is 7.46. The van der Waals surface area contributed by atoms with Crippen LogP contribution >= 0.6 is 7.82 Å². The smallest absolute Gasteiger partial charge is 0.388 e. The number of rotatable bonds is 4. The highest BCUT2D eigenvalue weighted by atomic mass is 31.2. The molecule has 0 saturated carbocycles. The van der Waals surface area contributed by atoms with E-state index in [0.717, 1.165) is 0 Å². The van der Waals surface area contributed by atoms with Crippen molar-refractivity contribution in [3.05, 3.63) is 0 Å². The van der Waals surface area contributed by atoms with Crippen molar-refractivity contribution in [3.63, 3.8) is 0 Å². The number of hydrogen-bond acceptors (Lipinski definition) is 8. The molecule has 0 aromatic carbocycles. The summed E-state index contributed by atoms with van der Waals surface area (Å²) in [6, 6.07) is 0. The normalized spacial score (nSPS) is 39.6. The molecule has 0 spiro atoms. The van der Waals surface area contributed by atoms with Gasteiger partial charge >= 0.3 is 7.82 Å². The summed E-state index contributed by atoms with van der Waals surface area (Å²) in [7, 11) is -4.80. The first-order valence-corrected chi connectivity index (χ1v) is 6.42. The van der Waals surface area contributed by atoms with E-state index in [4.69, 9.17) is 20.0 Å². The molecule has 6 atom stereocenters. The van der Waals surface area contributed by atoms with Crippen LogP contribution in [0.3, 0.4) is 0 Å². The van der Waals surface area contributed by atoms with Gasteiger partial charge in [0, 0.05) is 0 Å². The molecular formula is C7H15O10P. The first-order valence-electron chi connectivity index (χ1n) is 4.89. The third-order valence-corrected chi connectivity index (χ3v) is 2.90. The van der Waals surface area contributed by atoms with Crippen molar-refractivity contribution >= 4 is 7.82 Å². The SMILES string of the molecule is O=P(O)(O)OCC(O)C1O[C@@H](O)C(O)C(O)C1O. The van der Waals surface area contributed by atoms with Crippen LogP contribution in [0.15, 0.2) is 0 Å². The largest absolute Gasteiger partial charge is 0.469 e. The van der Waals surface area contributed by atoms with E-state index in [9.17, 15) is 19.9 Å². The Bertz CT molecular complexity index is 317. The third kappa shape index (κ3) is 3.93. The Kier molecular flexibility index (Phi) is 5.21. The molecule has 18 heavy (non-hydrogen) atoms. The molecule has 0 radical (unpaired) electrons. The fraction of sp³-hybridized carbons (Fsp3) is 1.00. The molecule has 0 aromatic rings. The molecule has 1 aliphatic rings. The van der Waals surface area contributed by atoms with Gasteiger partial charge in [0.15, 0.2) is 6.29 Å². The topological polar surface area (TPSA) is 177 Å². The lowest BCUT2D eigenvalue weighted by molar-refractivity contribution is -0.298. The molecule has 10 nitrogen and oxygen atoms in total. The zero-order valence-corrected chi connectivity index (χ0v) is 9.87. The van der Waals surface area contributed by atoms with Crippen LogP contribution in [0.2, 0.25) is 0 Å². The van der Waals surface area contributed by atoms with Gasteiger partial charge in [0.05, 0.1) is 6.61 Å². The maximum absolute atomic E-state index is 10.4. The molecule has 0 amide bonds. The Balaban J connectivity index is 2.62. The predicted molar refractivity (Wildman–Crippen MR) is 52.9 cm³/mol. The van der Waals surface area contributed by atoms with Crippen LogP contribution in [0.5, 0.6) is 0 Å². The Morgan fingerprint density at radius 1 is 1.11 bits per heavy atom. The van der Waals surface area contributed by atoms with Crippen molar-refractivity contribution < 1.29 is 49.1 Å². The molecule has 0 bridgehead atoms. The molecule has 108 valence electrons. The minimum absolute atomic E-state index is 0.887. The standard InChI is InChI=1S/C7H15O10P/c8-2(1-16-18(13,14)15)6-4(10)3(9)5(11)7(12)17-6/h2-12H,1H2,(H2,13,14,15)/t2?,3?,4?,5?,6?,7-/m1/s1.